The lowest BCUT2D eigenvalue weighted by molar-refractivity contribution is 0.0179. The largest absolute Gasteiger partial charge is 0.336 e. The molecule has 3 heterocycles. The van der Waals surface area contributed by atoms with Gasteiger partial charge in [-0.2, -0.15) is 0 Å². The van der Waals surface area contributed by atoms with E-state index >= 15 is 0 Å². The summed E-state index contributed by atoms with van der Waals surface area (Å²) in [6.07, 6.45) is 4.08. The number of carbonyl (C=O) groups is 1. The van der Waals surface area contributed by atoms with Crippen LogP contribution in [0.25, 0.3) is 11.3 Å². The van der Waals surface area contributed by atoms with Crippen molar-refractivity contribution in [3.63, 3.8) is 0 Å². The average molecular weight is 415 g/mol. The predicted octanol–water partition coefficient (Wildman–Crippen LogP) is 4.41. The molecule has 2 aromatic carbocycles. The van der Waals surface area contributed by atoms with Crippen molar-refractivity contribution < 1.29 is 4.79 Å². The van der Waals surface area contributed by atoms with Gasteiger partial charge in [0.25, 0.3) is 5.91 Å². The summed E-state index contributed by atoms with van der Waals surface area (Å²) in [6, 6.07) is 20.6. The summed E-state index contributed by atoms with van der Waals surface area (Å²) in [5.74, 6) is 0.131. The molecule has 1 unspecified atom stereocenters. The van der Waals surface area contributed by atoms with Crippen LogP contribution in [0.1, 0.15) is 42.7 Å². The Kier molecular flexibility index (Phi) is 5.14. The predicted molar refractivity (Wildman–Crippen MR) is 123 cm³/mol. The summed E-state index contributed by atoms with van der Waals surface area (Å²) in [7, 11) is 0. The lowest BCUT2D eigenvalue weighted by Crippen LogP contribution is -2.60. The van der Waals surface area contributed by atoms with Crippen molar-refractivity contribution in [3.05, 3.63) is 78.2 Å². The topological polar surface area (TPSA) is 41.4 Å². The normalized spacial score (nSPS) is 21.5. The summed E-state index contributed by atoms with van der Waals surface area (Å²) >= 11 is 0. The monoisotopic (exact) mass is 414 g/mol. The molecule has 31 heavy (non-hydrogen) atoms. The average Bonchev–Trinajstić information content (AvgIpc) is 3.25. The van der Waals surface area contributed by atoms with Gasteiger partial charge in [0.2, 0.25) is 0 Å². The molecular weight excluding hydrogens is 384 g/mol. The van der Waals surface area contributed by atoms with Crippen molar-refractivity contribution in [1.29, 1.82) is 0 Å². The number of rotatable bonds is 3. The van der Waals surface area contributed by atoms with E-state index in [0.717, 1.165) is 55.8 Å². The molecule has 5 rings (SSSR count). The fraction of sp³-hybridized carbons (Fsp3) is 0.385. The molecule has 0 N–H and O–H groups in total. The van der Waals surface area contributed by atoms with E-state index < -0.39 is 0 Å². The molecule has 0 aliphatic carbocycles. The minimum Gasteiger partial charge on any atom is -0.336 e. The summed E-state index contributed by atoms with van der Waals surface area (Å²) in [4.78, 5) is 22.7. The first kappa shape index (κ1) is 20.0. The molecule has 1 atom stereocenters. The van der Waals surface area contributed by atoms with Crippen LogP contribution in [0.4, 0.5) is 0 Å². The number of fused-ring (bicyclic) bond motifs is 2. The Balaban J connectivity index is 1.54. The molecule has 1 saturated heterocycles. The van der Waals surface area contributed by atoms with E-state index in [1.165, 1.54) is 5.69 Å². The molecule has 1 amide bonds. The zero-order valence-corrected chi connectivity index (χ0v) is 18.4. The van der Waals surface area contributed by atoms with E-state index in [-0.39, 0.29) is 11.4 Å². The molecule has 3 aromatic rings. The number of nitrogens with zero attached hydrogens (tertiary/aromatic N) is 4. The van der Waals surface area contributed by atoms with Crippen LogP contribution in [-0.2, 0) is 12.1 Å². The first-order valence-electron chi connectivity index (χ1n) is 11.3. The van der Waals surface area contributed by atoms with Crippen LogP contribution in [0, 0.1) is 0 Å². The summed E-state index contributed by atoms with van der Waals surface area (Å²) in [5, 5.41) is 0. The van der Waals surface area contributed by atoms with Gasteiger partial charge in [0, 0.05) is 43.3 Å². The van der Waals surface area contributed by atoms with E-state index in [9.17, 15) is 4.79 Å². The van der Waals surface area contributed by atoms with Gasteiger partial charge in [-0.25, -0.2) is 4.98 Å². The van der Waals surface area contributed by atoms with Gasteiger partial charge in [-0.3, -0.25) is 9.69 Å². The maximum atomic E-state index is 13.3. The highest BCUT2D eigenvalue weighted by Crippen LogP contribution is 2.39. The third kappa shape index (κ3) is 3.57. The van der Waals surface area contributed by atoms with Crippen LogP contribution in [0.15, 0.2) is 67.0 Å². The molecule has 5 heteroatoms. The van der Waals surface area contributed by atoms with Crippen LogP contribution in [0.5, 0.6) is 0 Å². The van der Waals surface area contributed by atoms with Crippen molar-refractivity contribution in [2.45, 2.75) is 44.8 Å². The van der Waals surface area contributed by atoms with E-state index in [0.29, 0.717) is 6.04 Å². The molecule has 2 aliphatic heterocycles. The number of benzene rings is 2. The minimum absolute atomic E-state index is 0.131. The van der Waals surface area contributed by atoms with Crippen LogP contribution < -0.4 is 0 Å². The Morgan fingerprint density at radius 2 is 1.71 bits per heavy atom. The summed E-state index contributed by atoms with van der Waals surface area (Å²) in [6.45, 7) is 7.89. The Hall–Kier alpha value is -2.92. The molecule has 5 nitrogen and oxygen atoms in total. The number of carbonyl (C=O) groups excluding carboxylic acids is 1. The number of amides is 1. The number of imidazole rings is 1. The highest BCUT2D eigenvalue weighted by Gasteiger charge is 2.45. The second-order valence-corrected chi connectivity index (χ2v) is 9.20. The first-order chi connectivity index (χ1) is 15.1. The van der Waals surface area contributed by atoms with Gasteiger partial charge >= 0.3 is 0 Å². The van der Waals surface area contributed by atoms with Crippen molar-refractivity contribution in [2.75, 3.05) is 19.6 Å². The Morgan fingerprint density at radius 1 is 1.00 bits per heavy atom. The zero-order valence-electron chi connectivity index (χ0n) is 18.4. The van der Waals surface area contributed by atoms with E-state index in [1.54, 1.807) is 0 Å². The second kappa shape index (κ2) is 7.97. The van der Waals surface area contributed by atoms with Gasteiger partial charge in [-0.15, -0.1) is 0 Å². The Labute approximate surface area is 184 Å². The molecule has 2 aliphatic rings. The molecule has 0 radical (unpaired) electrons. The molecule has 1 fully saturated rings. The molecule has 1 aromatic heterocycles. The number of hydrogen-bond acceptors (Lipinski definition) is 3. The van der Waals surface area contributed by atoms with E-state index in [4.69, 9.17) is 4.98 Å². The van der Waals surface area contributed by atoms with Gasteiger partial charge in [0.15, 0.2) is 0 Å². The second-order valence-electron chi connectivity index (χ2n) is 9.20. The zero-order chi connectivity index (χ0) is 21.4. The number of hydrogen-bond donors (Lipinski definition) is 0. The third-order valence-corrected chi connectivity index (χ3v) is 6.87. The number of piperidine rings is 1. The van der Waals surface area contributed by atoms with Crippen molar-refractivity contribution in [3.8, 4) is 11.3 Å². The maximum Gasteiger partial charge on any atom is 0.253 e. The van der Waals surface area contributed by atoms with Gasteiger partial charge in [0.1, 0.15) is 0 Å². The minimum atomic E-state index is -0.138. The highest BCUT2D eigenvalue weighted by atomic mass is 16.2. The summed E-state index contributed by atoms with van der Waals surface area (Å²) < 4.78 is 2.40. The Morgan fingerprint density at radius 3 is 2.42 bits per heavy atom. The van der Waals surface area contributed by atoms with Gasteiger partial charge in [0.05, 0.1) is 23.3 Å². The Bertz CT molecular complexity index is 1060. The van der Waals surface area contributed by atoms with Crippen LogP contribution in [0.3, 0.4) is 0 Å². The van der Waals surface area contributed by atoms with Gasteiger partial charge < -0.3 is 9.47 Å². The number of aromatic nitrogens is 2. The van der Waals surface area contributed by atoms with Gasteiger partial charge in [-0.05, 0) is 38.8 Å². The molecule has 0 bridgehead atoms. The van der Waals surface area contributed by atoms with Crippen LogP contribution in [0.2, 0.25) is 0 Å². The highest BCUT2D eigenvalue weighted by molar-refractivity contribution is 5.94. The van der Waals surface area contributed by atoms with Crippen molar-refractivity contribution in [1.82, 2.24) is 19.4 Å². The standard InChI is InChI=1S/C26H30N4O/c1-20(2)29-16-23-24(21-10-5-3-6-11-21)27-19-30(23)26(18-29)14-9-15-28(17-26)25(31)22-12-7-4-8-13-22/h3-8,10-13,19-20H,9,14-18H2,1-2H3. The quantitative estimate of drug-likeness (QED) is 0.638. The third-order valence-electron chi connectivity index (χ3n) is 6.87. The molecular formula is C26H30N4O. The van der Waals surface area contributed by atoms with E-state index in [2.05, 4.69) is 52.5 Å². The van der Waals surface area contributed by atoms with Gasteiger partial charge in [-0.1, -0.05) is 48.5 Å². The molecule has 160 valence electrons. The number of likely N-dealkylation sites (tertiary alicyclic amines) is 1. The molecule has 0 saturated carbocycles. The molecule has 1 spiro atoms. The lowest BCUT2D eigenvalue weighted by atomic mass is 9.85. The van der Waals surface area contributed by atoms with Crippen molar-refractivity contribution >= 4 is 5.91 Å². The fourth-order valence-electron chi connectivity index (χ4n) is 5.21. The smallest absolute Gasteiger partial charge is 0.253 e. The first-order valence-corrected chi connectivity index (χ1v) is 11.3. The lowest BCUT2D eigenvalue weighted by Gasteiger charge is -2.50. The van der Waals surface area contributed by atoms with Crippen LogP contribution in [-0.4, -0.2) is 50.9 Å². The fourth-order valence-corrected chi connectivity index (χ4v) is 5.21. The summed E-state index contributed by atoms with van der Waals surface area (Å²) in [5.41, 5.74) is 4.12. The van der Waals surface area contributed by atoms with Crippen molar-refractivity contribution in [2.24, 2.45) is 0 Å². The van der Waals surface area contributed by atoms with Crippen LogP contribution >= 0.6 is 0 Å². The SMILES string of the molecule is CC(C)N1Cc2c(-c3ccccc3)ncn2C2(CCCN(C(=O)c3ccccc3)C2)C1. The maximum absolute atomic E-state index is 13.3. The van der Waals surface area contributed by atoms with E-state index in [1.807, 2.05) is 42.7 Å².